The maximum atomic E-state index is 12.3. The van der Waals surface area contributed by atoms with Gasteiger partial charge < -0.3 is 14.7 Å². The molecule has 27 heavy (non-hydrogen) atoms. The van der Waals surface area contributed by atoms with Crippen molar-refractivity contribution in [2.45, 2.75) is 97.4 Å². The van der Waals surface area contributed by atoms with Crippen molar-refractivity contribution in [3.8, 4) is 0 Å². The third-order valence-electron chi connectivity index (χ3n) is 5.87. The summed E-state index contributed by atoms with van der Waals surface area (Å²) in [5.41, 5.74) is -1.25. The number of rotatable bonds is 16. The van der Waals surface area contributed by atoms with Crippen molar-refractivity contribution in [2.24, 2.45) is 11.3 Å². The third kappa shape index (κ3) is 8.20. The molecule has 5 heteroatoms. The molecule has 2 N–H and O–H groups in total. The number of nitrogens with zero attached hydrogens (tertiary/aromatic N) is 1. The standard InChI is InChI=1S/C22H43NO4/c1-7-8-9-10-11-12-13-14-15-16-17-22(18(2)3,21(26)27)19(20(24)25)23(4,5)6/h18-19H,7-17H2,1-6H3,(H-,24,25,26,27)/p+1. The van der Waals surface area contributed by atoms with Gasteiger partial charge in [0, 0.05) is 0 Å². The molecule has 0 amide bonds. The normalized spacial score (nSPS) is 15.5. The zero-order valence-electron chi connectivity index (χ0n) is 18.6. The molecular formula is C22H44NO4+. The zero-order valence-corrected chi connectivity index (χ0v) is 18.6. The van der Waals surface area contributed by atoms with Crippen molar-refractivity contribution in [2.75, 3.05) is 21.1 Å². The van der Waals surface area contributed by atoms with E-state index in [1.807, 2.05) is 13.8 Å². The lowest BCUT2D eigenvalue weighted by Crippen LogP contribution is -2.63. The molecule has 0 saturated carbocycles. The van der Waals surface area contributed by atoms with E-state index in [0.29, 0.717) is 6.42 Å². The fourth-order valence-corrected chi connectivity index (χ4v) is 4.36. The fourth-order valence-electron chi connectivity index (χ4n) is 4.36. The number of unbranched alkanes of at least 4 members (excludes halogenated alkanes) is 9. The van der Waals surface area contributed by atoms with E-state index >= 15 is 0 Å². The average Bonchev–Trinajstić information content (AvgIpc) is 2.53. The molecule has 160 valence electrons. The summed E-state index contributed by atoms with van der Waals surface area (Å²) < 4.78 is 0.109. The van der Waals surface area contributed by atoms with Crippen LogP contribution in [-0.4, -0.2) is 53.8 Å². The van der Waals surface area contributed by atoms with Gasteiger partial charge in [0.1, 0.15) is 5.41 Å². The maximum absolute atomic E-state index is 12.3. The molecule has 0 aromatic heterocycles. The molecule has 0 aliphatic heterocycles. The highest BCUT2D eigenvalue weighted by molar-refractivity contribution is 5.85. The fraction of sp³-hybridized carbons (Fsp3) is 0.909. The number of aliphatic carboxylic acids is 2. The van der Waals surface area contributed by atoms with E-state index in [9.17, 15) is 19.8 Å². The number of carboxylic acids is 2. The Balaban J connectivity index is 4.74. The molecular weight excluding hydrogens is 342 g/mol. The van der Waals surface area contributed by atoms with Crippen LogP contribution in [0.3, 0.4) is 0 Å². The van der Waals surface area contributed by atoms with Crippen molar-refractivity contribution < 1.29 is 24.3 Å². The number of carboxylic acid groups (broad SMARTS) is 2. The van der Waals surface area contributed by atoms with Gasteiger partial charge in [0.2, 0.25) is 6.04 Å². The Labute approximate surface area is 166 Å². The summed E-state index contributed by atoms with van der Waals surface area (Å²) in [7, 11) is 5.33. The van der Waals surface area contributed by atoms with Gasteiger partial charge in [0.25, 0.3) is 0 Å². The predicted octanol–water partition coefficient (Wildman–Crippen LogP) is 5.18. The van der Waals surface area contributed by atoms with Crippen LogP contribution in [0.5, 0.6) is 0 Å². The first-order valence-electron chi connectivity index (χ1n) is 10.8. The van der Waals surface area contributed by atoms with Crippen LogP contribution in [0.1, 0.15) is 91.4 Å². The minimum Gasteiger partial charge on any atom is -0.481 e. The predicted molar refractivity (Wildman–Crippen MR) is 111 cm³/mol. The van der Waals surface area contributed by atoms with Crippen molar-refractivity contribution in [3.05, 3.63) is 0 Å². The zero-order chi connectivity index (χ0) is 21.1. The van der Waals surface area contributed by atoms with Gasteiger partial charge in [-0.1, -0.05) is 85.0 Å². The molecule has 0 aromatic carbocycles. The smallest absolute Gasteiger partial charge is 0.363 e. The van der Waals surface area contributed by atoms with E-state index in [-0.39, 0.29) is 10.4 Å². The van der Waals surface area contributed by atoms with Gasteiger partial charge in [0.05, 0.1) is 21.1 Å². The number of hydrogen-bond acceptors (Lipinski definition) is 2. The molecule has 0 spiro atoms. The molecule has 0 fully saturated rings. The second-order valence-electron chi connectivity index (χ2n) is 9.29. The summed E-state index contributed by atoms with van der Waals surface area (Å²) in [4.78, 5) is 24.3. The average molecular weight is 387 g/mol. The molecule has 0 rings (SSSR count). The van der Waals surface area contributed by atoms with Crippen LogP contribution in [0.15, 0.2) is 0 Å². The first kappa shape index (κ1) is 25.9. The van der Waals surface area contributed by atoms with Crippen molar-refractivity contribution >= 4 is 11.9 Å². The van der Waals surface area contributed by atoms with Crippen LogP contribution in [0.2, 0.25) is 0 Å². The Morgan fingerprint density at radius 3 is 1.52 bits per heavy atom. The second-order valence-corrected chi connectivity index (χ2v) is 9.29. The third-order valence-corrected chi connectivity index (χ3v) is 5.87. The SMILES string of the molecule is CCCCCCCCCCCCC(C(=O)O)(C(C)C)C(C(=O)O)[N+](C)(C)C. The molecule has 0 saturated heterocycles. The van der Waals surface area contributed by atoms with Gasteiger partial charge in [-0.15, -0.1) is 0 Å². The number of hydrogen-bond donors (Lipinski definition) is 2. The monoisotopic (exact) mass is 386 g/mol. The van der Waals surface area contributed by atoms with Crippen molar-refractivity contribution in [3.63, 3.8) is 0 Å². The lowest BCUT2D eigenvalue weighted by molar-refractivity contribution is -0.894. The van der Waals surface area contributed by atoms with E-state index in [0.717, 1.165) is 19.3 Å². The van der Waals surface area contributed by atoms with E-state index in [4.69, 9.17) is 0 Å². The van der Waals surface area contributed by atoms with Gasteiger partial charge in [-0.2, -0.15) is 0 Å². The summed E-state index contributed by atoms with van der Waals surface area (Å²) in [5, 5.41) is 19.9. The molecule has 0 aliphatic rings. The Morgan fingerprint density at radius 2 is 1.22 bits per heavy atom. The highest BCUT2D eigenvalue weighted by Gasteiger charge is 2.58. The quantitative estimate of drug-likeness (QED) is 0.283. The van der Waals surface area contributed by atoms with Gasteiger partial charge in [-0.05, 0) is 12.3 Å². The number of quaternary nitrogens is 1. The summed E-state index contributed by atoms with van der Waals surface area (Å²) in [6, 6.07) is -0.964. The van der Waals surface area contributed by atoms with Crippen LogP contribution in [0, 0.1) is 11.3 Å². The summed E-state index contributed by atoms with van der Waals surface area (Å²) in [5.74, 6) is -2.24. The van der Waals surface area contributed by atoms with E-state index in [2.05, 4.69) is 6.92 Å². The Morgan fingerprint density at radius 1 is 0.815 bits per heavy atom. The number of likely N-dealkylation sites (N-methyl/N-ethyl adjacent to an activating group) is 1. The van der Waals surface area contributed by atoms with Gasteiger partial charge in [-0.3, -0.25) is 4.79 Å². The Kier molecular flexibility index (Phi) is 11.9. The van der Waals surface area contributed by atoms with Gasteiger partial charge in [0.15, 0.2) is 0 Å². The van der Waals surface area contributed by atoms with Crippen LogP contribution < -0.4 is 0 Å². The summed E-state index contributed by atoms with van der Waals surface area (Å²) >= 11 is 0. The highest BCUT2D eigenvalue weighted by Crippen LogP contribution is 2.41. The molecule has 0 aliphatic carbocycles. The second kappa shape index (κ2) is 12.4. The van der Waals surface area contributed by atoms with Crippen LogP contribution in [0.25, 0.3) is 0 Å². The van der Waals surface area contributed by atoms with E-state index in [1.165, 1.54) is 44.9 Å². The largest absolute Gasteiger partial charge is 0.481 e. The summed E-state index contributed by atoms with van der Waals surface area (Å²) in [6.45, 7) is 5.91. The van der Waals surface area contributed by atoms with Crippen LogP contribution >= 0.6 is 0 Å². The van der Waals surface area contributed by atoms with Crippen LogP contribution in [0.4, 0.5) is 0 Å². The Bertz CT molecular complexity index is 442. The molecule has 0 aromatic rings. The maximum Gasteiger partial charge on any atom is 0.363 e. The number of carbonyl (C=O) groups is 2. The summed E-state index contributed by atoms with van der Waals surface area (Å²) in [6.07, 6.45) is 12.2. The topological polar surface area (TPSA) is 74.6 Å². The first-order valence-corrected chi connectivity index (χ1v) is 10.8. The van der Waals surface area contributed by atoms with Gasteiger partial charge >= 0.3 is 11.9 Å². The van der Waals surface area contributed by atoms with Crippen molar-refractivity contribution in [1.82, 2.24) is 0 Å². The Hall–Kier alpha value is -1.10. The van der Waals surface area contributed by atoms with E-state index in [1.54, 1.807) is 21.1 Å². The van der Waals surface area contributed by atoms with Crippen LogP contribution in [-0.2, 0) is 9.59 Å². The minimum absolute atomic E-state index is 0.109. The molecule has 0 bridgehead atoms. The minimum atomic E-state index is -1.25. The highest BCUT2D eigenvalue weighted by atomic mass is 16.4. The molecule has 5 nitrogen and oxygen atoms in total. The molecule has 0 heterocycles. The molecule has 2 atom stereocenters. The van der Waals surface area contributed by atoms with Gasteiger partial charge in [-0.25, -0.2) is 4.79 Å². The first-order chi connectivity index (χ1) is 12.5. The van der Waals surface area contributed by atoms with E-state index < -0.39 is 23.4 Å². The lowest BCUT2D eigenvalue weighted by atomic mass is 9.66. The lowest BCUT2D eigenvalue weighted by Gasteiger charge is -2.44. The molecule has 0 radical (unpaired) electrons. The molecule has 2 unspecified atom stereocenters. The van der Waals surface area contributed by atoms with Crippen molar-refractivity contribution in [1.29, 1.82) is 0 Å².